The predicted molar refractivity (Wildman–Crippen MR) is 104 cm³/mol. The summed E-state index contributed by atoms with van der Waals surface area (Å²) < 4.78 is 11.0. The quantitative estimate of drug-likeness (QED) is 0.339. The summed E-state index contributed by atoms with van der Waals surface area (Å²) in [4.78, 5) is 0. The predicted octanol–water partition coefficient (Wildman–Crippen LogP) is 3.58. The SMILES string of the molecule is CCCCCCCCCCCCCCCO[C@H]1CO[C@H]([C@H](O)CO)[C@@H]1O. The molecule has 1 rings (SSSR count). The van der Waals surface area contributed by atoms with Gasteiger partial charge < -0.3 is 24.8 Å². The molecule has 156 valence electrons. The van der Waals surface area contributed by atoms with Gasteiger partial charge in [0.1, 0.15) is 24.4 Å². The highest BCUT2D eigenvalue weighted by Gasteiger charge is 2.40. The summed E-state index contributed by atoms with van der Waals surface area (Å²) in [5.74, 6) is 0. The minimum atomic E-state index is -1.05. The first-order valence-corrected chi connectivity index (χ1v) is 10.9. The van der Waals surface area contributed by atoms with E-state index in [2.05, 4.69) is 6.92 Å². The molecule has 1 aliphatic heterocycles. The molecule has 0 spiro atoms. The van der Waals surface area contributed by atoms with Crippen molar-refractivity contribution in [3.8, 4) is 0 Å². The van der Waals surface area contributed by atoms with Gasteiger partial charge in [0.15, 0.2) is 0 Å². The molecule has 0 unspecified atom stereocenters. The Labute approximate surface area is 160 Å². The van der Waals surface area contributed by atoms with Gasteiger partial charge >= 0.3 is 0 Å². The highest BCUT2D eigenvalue weighted by atomic mass is 16.6. The number of rotatable bonds is 17. The maximum Gasteiger partial charge on any atom is 0.114 e. The third-order valence-corrected chi connectivity index (χ3v) is 5.32. The minimum absolute atomic E-state index is 0.279. The van der Waals surface area contributed by atoms with Crippen molar-refractivity contribution in [3.05, 3.63) is 0 Å². The molecule has 1 fully saturated rings. The Morgan fingerprint density at radius 1 is 0.885 bits per heavy atom. The third kappa shape index (κ3) is 10.2. The summed E-state index contributed by atoms with van der Waals surface area (Å²) in [6.45, 7) is 2.75. The molecule has 5 heteroatoms. The summed E-state index contributed by atoms with van der Waals surface area (Å²) in [6.07, 6.45) is 14.1. The molecule has 0 aliphatic carbocycles. The van der Waals surface area contributed by atoms with Crippen LogP contribution < -0.4 is 0 Å². The van der Waals surface area contributed by atoms with Crippen LogP contribution in [0.15, 0.2) is 0 Å². The fraction of sp³-hybridized carbons (Fsp3) is 1.00. The van der Waals surface area contributed by atoms with Crippen LogP contribution in [-0.2, 0) is 9.47 Å². The Hall–Kier alpha value is -0.200. The van der Waals surface area contributed by atoms with E-state index in [9.17, 15) is 10.2 Å². The van der Waals surface area contributed by atoms with Gasteiger partial charge in [-0.05, 0) is 6.42 Å². The van der Waals surface area contributed by atoms with Crippen molar-refractivity contribution in [2.75, 3.05) is 19.8 Å². The second-order valence-corrected chi connectivity index (χ2v) is 7.69. The lowest BCUT2D eigenvalue weighted by molar-refractivity contribution is -0.0730. The second kappa shape index (κ2) is 15.8. The van der Waals surface area contributed by atoms with Gasteiger partial charge in [-0.1, -0.05) is 84.0 Å². The molecule has 0 aromatic carbocycles. The third-order valence-electron chi connectivity index (χ3n) is 5.32. The summed E-state index contributed by atoms with van der Waals surface area (Å²) >= 11 is 0. The van der Waals surface area contributed by atoms with Gasteiger partial charge in [0.2, 0.25) is 0 Å². The fourth-order valence-corrected chi connectivity index (χ4v) is 3.56. The van der Waals surface area contributed by atoms with Gasteiger partial charge in [0.25, 0.3) is 0 Å². The largest absolute Gasteiger partial charge is 0.394 e. The molecule has 1 saturated heterocycles. The van der Waals surface area contributed by atoms with Crippen LogP contribution in [0.2, 0.25) is 0 Å². The molecule has 0 radical (unpaired) electrons. The van der Waals surface area contributed by atoms with E-state index < -0.39 is 31.0 Å². The highest BCUT2D eigenvalue weighted by Crippen LogP contribution is 2.20. The van der Waals surface area contributed by atoms with E-state index >= 15 is 0 Å². The molecule has 0 bridgehead atoms. The zero-order chi connectivity index (χ0) is 19.0. The lowest BCUT2D eigenvalue weighted by Gasteiger charge is -2.20. The number of hydrogen-bond acceptors (Lipinski definition) is 5. The van der Waals surface area contributed by atoms with Crippen molar-refractivity contribution in [2.45, 2.75) is 115 Å². The second-order valence-electron chi connectivity index (χ2n) is 7.69. The molecule has 0 aromatic heterocycles. The minimum Gasteiger partial charge on any atom is -0.394 e. The van der Waals surface area contributed by atoms with Gasteiger partial charge in [-0.2, -0.15) is 0 Å². The van der Waals surface area contributed by atoms with E-state index in [1.807, 2.05) is 0 Å². The number of aliphatic hydroxyl groups is 3. The maximum atomic E-state index is 10.0. The lowest BCUT2D eigenvalue weighted by Crippen LogP contribution is -2.41. The van der Waals surface area contributed by atoms with E-state index in [4.69, 9.17) is 14.6 Å². The van der Waals surface area contributed by atoms with Gasteiger partial charge in [0.05, 0.1) is 13.2 Å². The zero-order valence-corrected chi connectivity index (χ0v) is 16.8. The standard InChI is InChI=1S/C21H42O5/c1-2-3-4-5-6-7-8-9-10-11-12-13-14-15-25-19-17-26-21(20(19)24)18(23)16-22/h18-24H,2-17H2,1H3/t18-,19+,20-,21-/m1/s1. The lowest BCUT2D eigenvalue weighted by atomic mass is 10.0. The molecular weight excluding hydrogens is 332 g/mol. The van der Waals surface area contributed by atoms with Crippen LogP contribution >= 0.6 is 0 Å². The molecule has 0 aromatic rings. The fourth-order valence-electron chi connectivity index (χ4n) is 3.56. The van der Waals surface area contributed by atoms with Gasteiger partial charge in [-0.15, -0.1) is 0 Å². The number of ether oxygens (including phenoxy) is 2. The van der Waals surface area contributed by atoms with E-state index in [1.165, 1.54) is 70.6 Å². The monoisotopic (exact) mass is 374 g/mol. The molecule has 1 heterocycles. The van der Waals surface area contributed by atoms with E-state index in [-0.39, 0.29) is 6.61 Å². The average molecular weight is 375 g/mol. The van der Waals surface area contributed by atoms with Crippen molar-refractivity contribution in [3.63, 3.8) is 0 Å². The smallest absolute Gasteiger partial charge is 0.114 e. The van der Waals surface area contributed by atoms with Gasteiger partial charge in [-0.25, -0.2) is 0 Å². The average Bonchev–Trinajstić information content (AvgIpc) is 3.02. The topological polar surface area (TPSA) is 79.2 Å². The summed E-state index contributed by atoms with van der Waals surface area (Å²) in [7, 11) is 0. The molecule has 4 atom stereocenters. The van der Waals surface area contributed by atoms with E-state index in [1.54, 1.807) is 0 Å². The summed E-state index contributed by atoms with van der Waals surface area (Å²) in [6, 6.07) is 0. The number of aliphatic hydroxyl groups excluding tert-OH is 3. The van der Waals surface area contributed by atoms with Crippen LogP contribution in [0.4, 0.5) is 0 Å². The molecular formula is C21H42O5. The normalized spacial score (nSPS) is 24.2. The van der Waals surface area contributed by atoms with E-state index in [0.29, 0.717) is 6.61 Å². The molecule has 5 nitrogen and oxygen atoms in total. The van der Waals surface area contributed by atoms with Crippen molar-refractivity contribution in [1.29, 1.82) is 0 Å². The number of hydrogen-bond donors (Lipinski definition) is 3. The Morgan fingerprint density at radius 3 is 1.88 bits per heavy atom. The van der Waals surface area contributed by atoms with Crippen molar-refractivity contribution < 1.29 is 24.8 Å². The van der Waals surface area contributed by atoms with Gasteiger partial charge in [-0.3, -0.25) is 0 Å². The summed E-state index contributed by atoms with van der Waals surface area (Å²) in [5, 5.41) is 28.5. The van der Waals surface area contributed by atoms with Crippen LogP contribution in [0.25, 0.3) is 0 Å². The maximum absolute atomic E-state index is 10.0. The van der Waals surface area contributed by atoms with Crippen LogP contribution in [0.3, 0.4) is 0 Å². The molecule has 0 saturated carbocycles. The van der Waals surface area contributed by atoms with Crippen LogP contribution in [0.5, 0.6) is 0 Å². The van der Waals surface area contributed by atoms with Gasteiger partial charge in [0, 0.05) is 6.61 Å². The molecule has 3 N–H and O–H groups in total. The Bertz CT molecular complexity index is 313. The Balaban J connectivity index is 1.84. The van der Waals surface area contributed by atoms with Crippen molar-refractivity contribution >= 4 is 0 Å². The first-order chi connectivity index (χ1) is 12.7. The van der Waals surface area contributed by atoms with Crippen molar-refractivity contribution in [1.82, 2.24) is 0 Å². The van der Waals surface area contributed by atoms with Crippen molar-refractivity contribution in [2.24, 2.45) is 0 Å². The molecule has 1 aliphatic rings. The Kier molecular flexibility index (Phi) is 14.5. The molecule has 0 amide bonds. The highest BCUT2D eigenvalue weighted by molar-refractivity contribution is 4.88. The first kappa shape index (κ1) is 23.8. The summed E-state index contributed by atoms with van der Waals surface area (Å²) in [5.41, 5.74) is 0. The zero-order valence-electron chi connectivity index (χ0n) is 16.8. The number of unbranched alkanes of at least 4 members (excludes halogenated alkanes) is 12. The van der Waals surface area contributed by atoms with Crippen LogP contribution in [0.1, 0.15) is 90.4 Å². The van der Waals surface area contributed by atoms with Crippen LogP contribution in [-0.4, -0.2) is 59.6 Å². The molecule has 26 heavy (non-hydrogen) atoms. The van der Waals surface area contributed by atoms with E-state index in [0.717, 1.165) is 12.8 Å². The first-order valence-electron chi connectivity index (χ1n) is 10.9. The van der Waals surface area contributed by atoms with Crippen LogP contribution in [0, 0.1) is 0 Å². The Morgan fingerprint density at radius 2 is 1.38 bits per heavy atom.